The summed E-state index contributed by atoms with van der Waals surface area (Å²) in [7, 11) is 0. The van der Waals surface area contributed by atoms with Crippen molar-refractivity contribution in [3.8, 4) is 0 Å². The molecule has 1 atom stereocenters. The average Bonchev–Trinajstić information content (AvgIpc) is 3.07. The summed E-state index contributed by atoms with van der Waals surface area (Å²) in [5.74, 6) is 0.321. The van der Waals surface area contributed by atoms with Gasteiger partial charge in [-0.05, 0) is 36.5 Å². The number of aliphatic hydroxyl groups excluding tert-OH is 1. The zero-order chi connectivity index (χ0) is 14.8. The first-order chi connectivity index (χ1) is 10.2. The Kier molecular flexibility index (Phi) is 4.15. The van der Waals surface area contributed by atoms with Crippen molar-refractivity contribution in [1.82, 2.24) is 4.57 Å². The topological polar surface area (TPSA) is 55.4 Å². The van der Waals surface area contributed by atoms with E-state index < -0.39 is 6.10 Å². The minimum absolute atomic E-state index is 0.311. The van der Waals surface area contributed by atoms with Gasteiger partial charge in [0, 0.05) is 6.54 Å². The molecule has 1 aromatic carbocycles. The molecule has 114 valence electrons. The highest BCUT2D eigenvalue weighted by Gasteiger charge is 2.20. The molecule has 0 radical (unpaired) electrons. The molecule has 1 N–H and O–H groups in total. The fourth-order valence-electron chi connectivity index (χ4n) is 3.42. The summed E-state index contributed by atoms with van der Waals surface area (Å²) in [6, 6.07) is 5.63. The highest BCUT2D eigenvalue weighted by Crippen LogP contribution is 2.33. The summed E-state index contributed by atoms with van der Waals surface area (Å²) < 4.78 is 6.96. The maximum Gasteiger partial charge on any atom is 0.419 e. The van der Waals surface area contributed by atoms with Crippen molar-refractivity contribution in [2.75, 3.05) is 0 Å². The van der Waals surface area contributed by atoms with Crippen LogP contribution in [0.15, 0.2) is 27.4 Å². The number of aromatic nitrogens is 1. The van der Waals surface area contributed by atoms with E-state index in [0.29, 0.717) is 18.0 Å². The number of nitrogens with zero attached hydrogens (tertiary/aromatic N) is 1. The molecule has 1 unspecified atom stereocenters. The predicted octanol–water partition coefficient (Wildman–Crippen LogP) is 3.62. The number of fused-ring (bicyclic) bond motifs is 1. The van der Waals surface area contributed by atoms with E-state index in [4.69, 9.17) is 4.42 Å². The molecule has 4 nitrogen and oxygen atoms in total. The Morgan fingerprint density at radius 2 is 2.14 bits per heavy atom. The SMILES string of the molecule is CCCn1c(=O)oc2cc(C(O)CC3CCCC3)ccc21. The molecule has 0 aliphatic heterocycles. The van der Waals surface area contributed by atoms with Crippen molar-refractivity contribution in [2.24, 2.45) is 5.92 Å². The summed E-state index contributed by atoms with van der Waals surface area (Å²) in [4.78, 5) is 11.8. The lowest BCUT2D eigenvalue weighted by molar-refractivity contribution is 0.145. The molecule has 1 fully saturated rings. The minimum Gasteiger partial charge on any atom is -0.408 e. The molecule has 0 saturated heterocycles. The molecular formula is C17H23NO3. The van der Waals surface area contributed by atoms with Crippen molar-refractivity contribution in [1.29, 1.82) is 0 Å². The van der Waals surface area contributed by atoms with E-state index in [0.717, 1.165) is 23.9 Å². The molecule has 1 saturated carbocycles. The van der Waals surface area contributed by atoms with Crippen molar-refractivity contribution in [2.45, 2.75) is 58.1 Å². The van der Waals surface area contributed by atoms with Crippen LogP contribution in [0.1, 0.15) is 57.1 Å². The van der Waals surface area contributed by atoms with E-state index >= 15 is 0 Å². The Hall–Kier alpha value is -1.55. The summed E-state index contributed by atoms with van der Waals surface area (Å²) in [6.45, 7) is 2.70. The number of rotatable bonds is 5. The number of hydrogen-bond acceptors (Lipinski definition) is 3. The van der Waals surface area contributed by atoms with Gasteiger partial charge in [0.15, 0.2) is 5.58 Å². The van der Waals surface area contributed by atoms with Crippen LogP contribution in [0.5, 0.6) is 0 Å². The molecule has 3 rings (SSSR count). The predicted molar refractivity (Wildman–Crippen MR) is 82.3 cm³/mol. The van der Waals surface area contributed by atoms with Gasteiger partial charge in [-0.25, -0.2) is 4.79 Å². The Morgan fingerprint density at radius 1 is 1.38 bits per heavy atom. The van der Waals surface area contributed by atoms with Gasteiger partial charge >= 0.3 is 5.76 Å². The van der Waals surface area contributed by atoms with E-state index in [-0.39, 0.29) is 5.76 Å². The van der Waals surface area contributed by atoms with Crippen molar-refractivity contribution in [3.63, 3.8) is 0 Å². The van der Waals surface area contributed by atoms with E-state index in [1.807, 2.05) is 25.1 Å². The molecule has 4 heteroatoms. The summed E-state index contributed by atoms with van der Waals surface area (Å²) in [5, 5.41) is 10.4. The third-order valence-electron chi connectivity index (χ3n) is 4.56. The van der Waals surface area contributed by atoms with E-state index in [1.54, 1.807) is 4.57 Å². The molecule has 21 heavy (non-hydrogen) atoms. The van der Waals surface area contributed by atoms with Crippen LogP contribution in [-0.2, 0) is 6.54 Å². The van der Waals surface area contributed by atoms with Crippen LogP contribution in [0, 0.1) is 5.92 Å². The zero-order valence-electron chi connectivity index (χ0n) is 12.5. The van der Waals surface area contributed by atoms with Gasteiger partial charge in [0.1, 0.15) is 0 Å². The molecule has 2 aromatic rings. The lowest BCUT2D eigenvalue weighted by Gasteiger charge is -2.15. The first kappa shape index (κ1) is 14.4. The summed E-state index contributed by atoms with van der Waals surface area (Å²) in [6.07, 6.45) is 6.25. The lowest BCUT2D eigenvalue weighted by atomic mass is 9.95. The smallest absolute Gasteiger partial charge is 0.408 e. The third-order valence-corrected chi connectivity index (χ3v) is 4.56. The van der Waals surface area contributed by atoms with Gasteiger partial charge in [0.2, 0.25) is 0 Å². The second-order valence-electron chi connectivity index (χ2n) is 6.15. The molecular weight excluding hydrogens is 266 g/mol. The first-order valence-electron chi connectivity index (χ1n) is 8.00. The number of oxazole rings is 1. The van der Waals surface area contributed by atoms with Gasteiger partial charge < -0.3 is 9.52 Å². The standard InChI is InChI=1S/C17H23NO3/c1-2-9-18-14-8-7-13(11-16(14)21-17(18)20)15(19)10-12-5-3-4-6-12/h7-8,11-12,15,19H,2-6,9-10H2,1H3. The zero-order valence-corrected chi connectivity index (χ0v) is 12.5. The summed E-state index contributed by atoms with van der Waals surface area (Å²) >= 11 is 0. The number of benzene rings is 1. The number of aryl methyl sites for hydroxylation is 1. The average molecular weight is 289 g/mol. The second-order valence-corrected chi connectivity index (χ2v) is 6.15. The quantitative estimate of drug-likeness (QED) is 0.914. The van der Waals surface area contributed by atoms with Crippen LogP contribution in [-0.4, -0.2) is 9.67 Å². The van der Waals surface area contributed by atoms with Crippen LogP contribution >= 0.6 is 0 Å². The Morgan fingerprint density at radius 3 is 2.86 bits per heavy atom. The van der Waals surface area contributed by atoms with Crippen LogP contribution in [0.3, 0.4) is 0 Å². The molecule has 1 aliphatic rings. The molecule has 0 bridgehead atoms. The minimum atomic E-state index is -0.461. The molecule has 1 aromatic heterocycles. The van der Waals surface area contributed by atoms with Crippen LogP contribution in [0.2, 0.25) is 0 Å². The fourth-order valence-corrected chi connectivity index (χ4v) is 3.42. The van der Waals surface area contributed by atoms with Crippen molar-refractivity contribution in [3.05, 3.63) is 34.3 Å². The van der Waals surface area contributed by atoms with Gasteiger partial charge in [0.25, 0.3) is 0 Å². The van der Waals surface area contributed by atoms with Gasteiger partial charge in [-0.1, -0.05) is 38.7 Å². The first-order valence-corrected chi connectivity index (χ1v) is 8.00. The van der Waals surface area contributed by atoms with Crippen LogP contribution < -0.4 is 5.76 Å². The highest BCUT2D eigenvalue weighted by molar-refractivity contribution is 5.73. The van der Waals surface area contributed by atoms with Gasteiger partial charge in [-0.2, -0.15) is 0 Å². The van der Waals surface area contributed by atoms with Crippen molar-refractivity contribution < 1.29 is 9.52 Å². The van der Waals surface area contributed by atoms with E-state index in [1.165, 1.54) is 25.7 Å². The van der Waals surface area contributed by atoms with Crippen LogP contribution in [0.4, 0.5) is 0 Å². The van der Waals surface area contributed by atoms with E-state index in [2.05, 4.69) is 0 Å². The number of hydrogen-bond donors (Lipinski definition) is 1. The maximum atomic E-state index is 11.8. The monoisotopic (exact) mass is 289 g/mol. The fraction of sp³-hybridized carbons (Fsp3) is 0.588. The Labute approximate surface area is 124 Å². The largest absolute Gasteiger partial charge is 0.419 e. The molecule has 1 aliphatic carbocycles. The second kappa shape index (κ2) is 6.06. The van der Waals surface area contributed by atoms with Gasteiger partial charge in [-0.15, -0.1) is 0 Å². The van der Waals surface area contributed by atoms with Gasteiger partial charge in [0.05, 0.1) is 11.6 Å². The normalized spacial score (nSPS) is 17.6. The van der Waals surface area contributed by atoms with Crippen LogP contribution in [0.25, 0.3) is 11.1 Å². The Bertz CT molecular complexity index is 664. The number of aliphatic hydroxyl groups is 1. The summed E-state index contributed by atoms with van der Waals surface area (Å²) in [5.41, 5.74) is 2.25. The Balaban J connectivity index is 1.85. The highest BCUT2D eigenvalue weighted by atomic mass is 16.4. The van der Waals surface area contributed by atoms with E-state index in [9.17, 15) is 9.90 Å². The van der Waals surface area contributed by atoms with Gasteiger partial charge in [-0.3, -0.25) is 4.57 Å². The lowest BCUT2D eigenvalue weighted by Crippen LogP contribution is -2.13. The molecule has 0 amide bonds. The molecule has 0 spiro atoms. The van der Waals surface area contributed by atoms with Crippen molar-refractivity contribution >= 4 is 11.1 Å². The maximum absolute atomic E-state index is 11.8. The third kappa shape index (κ3) is 2.91. The molecule has 1 heterocycles.